The van der Waals surface area contributed by atoms with E-state index in [1.54, 1.807) is 11.1 Å². The van der Waals surface area contributed by atoms with E-state index in [4.69, 9.17) is 0 Å². The smallest absolute Gasteiger partial charge is 0.234 e. The second-order valence-electron chi connectivity index (χ2n) is 4.51. The number of benzene rings is 1. The van der Waals surface area contributed by atoms with Gasteiger partial charge in [-0.1, -0.05) is 12.1 Å². The number of hydrogen-bond acceptors (Lipinski definition) is 3. The minimum atomic E-state index is -0.145. The van der Waals surface area contributed by atoms with Gasteiger partial charge in [0, 0.05) is 29.0 Å². The van der Waals surface area contributed by atoms with Crippen LogP contribution < -0.4 is 4.90 Å². The maximum atomic E-state index is 12.0. The van der Waals surface area contributed by atoms with Crippen molar-refractivity contribution < 1.29 is 9.59 Å². The molecule has 0 aliphatic carbocycles. The zero-order valence-electron chi connectivity index (χ0n) is 10.1. The number of fused-ring (bicyclic) bond motifs is 1. The maximum Gasteiger partial charge on any atom is 0.234 e. The Labute approximate surface area is 118 Å². The third-order valence-electron chi connectivity index (χ3n) is 3.21. The van der Waals surface area contributed by atoms with Crippen molar-refractivity contribution >= 4 is 44.2 Å². The van der Waals surface area contributed by atoms with Crippen molar-refractivity contribution in [2.75, 3.05) is 11.4 Å². The number of Topliss-reactive ketones (excluding diaryl/α,β-unsaturated/α-hetero) is 1. The Morgan fingerprint density at radius 2 is 2.11 bits per heavy atom. The summed E-state index contributed by atoms with van der Waals surface area (Å²) < 4.78 is 0.900. The lowest BCUT2D eigenvalue weighted by atomic mass is 10.1. The number of anilines is 1. The van der Waals surface area contributed by atoms with Gasteiger partial charge in [-0.05, 0) is 28.1 Å². The van der Waals surface area contributed by atoms with Gasteiger partial charge in [0.15, 0.2) is 0 Å². The zero-order valence-corrected chi connectivity index (χ0v) is 11.7. The molecule has 0 unspecified atom stereocenters. The minimum absolute atomic E-state index is 0.00703. The molecule has 5 heteroatoms. The van der Waals surface area contributed by atoms with Gasteiger partial charge in [-0.15, -0.1) is 0 Å². The van der Waals surface area contributed by atoms with Crippen LogP contribution in [-0.4, -0.2) is 23.2 Å². The molecule has 0 saturated carbocycles. The number of nitrogens with zero attached hydrogens (tertiary/aromatic N) is 2. The molecule has 1 aliphatic heterocycles. The van der Waals surface area contributed by atoms with Crippen molar-refractivity contribution in [3.05, 3.63) is 34.9 Å². The average Bonchev–Trinajstić information content (AvgIpc) is 2.38. The number of carbonyl (C=O) groups excluding carboxylic acids is 2. The lowest BCUT2D eigenvalue weighted by Crippen LogP contribution is -2.39. The van der Waals surface area contributed by atoms with Crippen LogP contribution in [0.4, 0.5) is 5.69 Å². The number of para-hydroxylation sites is 1. The molecule has 1 aliphatic rings. The summed E-state index contributed by atoms with van der Waals surface area (Å²) in [6, 6.07) is 7.69. The Bertz CT molecular complexity index is 684. The van der Waals surface area contributed by atoms with E-state index in [0.29, 0.717) is 13.0 Å². The molecule has 1 fully saturated rings. The molecule has 96 valence electrons. The number of hydrogen-bond donors (Lipinski definition) is 0. The molecular formula is C14H11BrN2O2. The van der Waals surface area contributed by atoms with E-state index in [0.717, 1.165) is 21.1 Å². The second-order valence-corrected chi connectivity index (χ2v) is 5.43. The van der Waals surface area contributed by atoms with Gasteiger partial charge in [-0.2, -0.15) is 0 Å². The summed E-state index contributed by atoms with van der Waals surface area (Å²) in [6.07, 6.45) is 2.12. The summed E-state index contributed by atoms with van der Waals surface area (Å²) in [5.74, 6) is -0.134. The fourth-order valence-electron chi connectivity index (χ4n) is 2.30. The SMILES string of the molecule is O=C1CCN(c2cccc3cc(Br)cnc23)C(=O)C1. The van der Waals surface area contributed by atoms with Crippen molar-refractivity contribution in [1.29, 1.82) is 0 Å². The average molecular weight is 319 g/mol. The summed E-state index contributed by atoms with van der Waals surface area (Å²) in [5, 5.41) is 0.969. The third kappa shape index (κ3) is 2.26. The van der Waals surface area contributed by atoms with E-state index in [9.17, 15) is 9.59 Å². The number of piperidine rings is 1. The quantitative estimate of drug-likeness (QED) is 0.760. The van der Waals surface area contributed by atoms with Crippen LogP contribution in [0.1, 0.15) is 12.8 Å². The van der Waals surface area contributed by atoms with Crippen LogP contribution in [-0.2, 0) is 9.59 Å². The Kier molecular flexibility index (Phi) is 3.06. The van der Waals surface area contributed by atoms with Gasteiger partial charge in [-0.25, -0.2) is 0 Å². The molecule has 1 amide bonds. The number of ketones is 1. The molecule has 0 bridgehead atoms. The predicted molar refractivity (Wildman–Crippen MR) is 76.0 cm³/mol. The molecule has 1 aromatic carbocycles. The van der Waals surface area contributed by atoms with Gasteiger partial charge in [0.2, 0.25) is 5.91 Å². The van der Waals surface area contributed by atoms with Crippen LogP contribution in [0.3, 0.4) is 0 Å². The number of aromatic nitrogens is 1. The zero-order chi connectivity index (χ0) is 13.4. The third-order valence-corrected chi connectivity index (χ3v) is 3.64. The predicted octanol–water partition coefficient (Wildman–Crippen LogP) is 2.69. The van der Waals surface area contributed by atoms with Crippen molar-refractivity contribution in [3.63, 3.8) is 0 Å². The maximum absolute atomic E-state index is 12.0. The van der Waals surface area contributed by atoms with Gasteiger partial charge in [0.1, 0.15) is 5.78 Å². The highest BCUT2D eigenvalue weighted by Gasteiger charge is 2.26. The van der Waals surface area contributed by atoms with Crippen molar-refractivity contribution in [2.24, 2.45) is 0 Å². The largest absolute Gasteiger partial charge is 0.309 e. The standard InChI is InChI=1S/C14H11BrN2O2/c15-10-6-9-2-1-3-12(14(9)16-8-10)17-5-4-11(18)7-13(17)19/h1-3,6,8H,4-5,7H2. The van der Waals surface area contributed by atoms with Gasteiger partial charge in [-0.3, -0.25) is 14.6 Å². The fraction of sp³-hybridized carbons (Fsp3) is 0.214. The van der Waals surface area contributed by atoms with Gasteiger partial charge in [0.05, 0.1) is 17.6 Å². The molecule has 0 atom stereocenters. The van der Waals surface area contributed by atoms with E-state index >= 15 is 0 Å². The van der Waals surface area contributed by atoms with Crippen molar-refractivity contribution in [1.82, 2.24) is 4.98 Å². The second kappa shape index (κ2) is 4.74. The van der Waals surface area contributed by atoms with E-state index in [2.05, 4.69) is 20.9 Å². The van der Waals surface area contributed by atoms with E-state index < -0.39 is 0 Å². The molecule has 19 heavy (non-hydrogen) atoms. The Morgan fingerprint density at radius 3 is 2.89 bits per heavy atom. The Hall–Kier alpha value is -1.75. The number of rotatable bonds is 1. The molecule has 3 rings (SSSR count). The molecule has 2 aromatic rings. The van der Waals surface area contributed by atoms with Gasteiger partial charge in [0.25, 0.3) is 0 Å². The lowest BCUT2D eigenvalue weighted by molar-refractivity contribution is -0.128. The highest BCUT2D eigenvalue weighted by atomic mass is 79.9. The monoisotopic (exact) mass is 318 g/mol. The van der Waals surface area contributed by atoms with E-state index in [1.807, 2.05) is 24.3 Å². The van der Waals surface area contributed by atoms with Crippen LogP contribution >= 0.6 is 15.9 Å². The summed E-state index contributed by atoms with van der Waals surface area (Å²) in [5.41, 5.74) is 1.57. The molecule has 0 N–H and O–H groups in total. The number of pyridine rings is 1. The normalized spacial score (nSPS) is 16.2. The van der Waals surface area contributed by atoms with Crippen LogP contribution in [0.15, 0.2) is 34.9 Å². The number of carbonyl (C=O) groups is 2. The van der Waals surface area contributed by atoms with Crippen LogP contribution in [0.2, 0.25) is 0 Å². The minimum Gasteiger partial charge on any atom is -0.309 e. The van der Waals surface area contributed by atoms with Crippen molar-refractivity contribution in [3.8, 4) is 0 Å². The Morgan fingerprint density at radius 1 is 1.26 bits per heavy atom. The first-order valence-electron chi connectivity index (χ1n) is 6.01. The van der Waals surface area contributed by atoms with Gasteiger partial charge < -0.3 is 4.90 Å². The lowest BCUT2D eigenvalue weighted by Gasteiger charge is -2.26. The summed E-state index contributed by atoms with van der Waals surface area (Å²) in [4.78, 5) is 29.3. The Balaban J connectivity index is 2.10. The van der Waals surface area contributed by atoms with Gasteiger partial charge >= 0.3 is 0 Å². The van der Waals surface area contributed by atoms with Crippen LogP contribution in [0, 0.1) is 0 Å². The van der Waals surface area contributed by atoms with Crippen molar-refractivity contribution in [2.45, 2.75) is 12.8 Å². The summed E-state index contributed by atoms with van der Waals surface area (Å²) in [7, 11) is 0. The summed E-state index contributed by atoms with van der Waals surface area (Å²) >= 11 is 3.39. The van der Waals surface area contributed by atoms with E-state index in [-0.39, 0.29) is 18.1 Å². The first kappa shape index (κ1) is 12.3. The van der Waals surface area contributed by atoms with Crippen LogP contribution in [0.25, 0.3) is 10.9 Å². The number of halogens is 1. The highest BCUT2D eigenvalue weighted by molar-refractivity contribution is 9.10. The highest BCUT2D eigenvalue weighted by Crippen LogP contribution is 2.28. The molecule has 1 saturated heterocycles. The fourth-order valence-corrected chi connectivity index (χ4v) is 2.65. The summed E-state index contributed by atoms with van der Waals surface area (Å²) in [6.45, 7) is 0.439. The topological polar surface area (TPSA) is 50.3 Å². The molecule has 0 radical (unpaired) electrons. The van der Waals surface area contributed by atoms with Crippen LogP contribution in [0.5, 0.6) is 0 Å². The molecular weight excluding hydrogens is 308 g/mol. The molecule has 4 nitrogen and oxygen atoms in total. The first-order chi connectivity index (χ1) is 9.15. The molecule has 1 aromatic heterocycles. The first-order valence-corrected chi connectivity index (χ1v) is 6.81. The van der Waals surface area contributed by atoms with E-state index in [1.165, 1.54) is 0 Å². The molecule has 0 spiro atoms. The number of amides is 1. The molecule has 2 heterocycles.